The second-order valence-corrected chi connectivity index (χ2v) is 4.75. The number of benzene rings is 1. The van der Waals surface area contributed by atoms with Gasteiger partial charge in [-0.2, -0.15) is 4.98 Å². The number of rotatable bonds is 4. The maximum Gasteiger partial charge on any atom is 0.234 e. The number of ketones is 1. The first-order valence-electron chi connectivity index (χ1n) is 5.67. The molecular formula is C13H13ClN2O2. The summed E-state index contributed by atoms with van der Waals surface area (Å²) in [4.78, 5) is 15.7. The largest absolute Gasteiger partial charge is 0.339 e. The summed E-state index contributed by atoms with van der Waals surface area (Å²) in [5.41, 5.74) is 0.811. The van der Waals surface area contributed by atoms with Crippen LogP contribution in [0.25, 0.3) is 11.4 Å². The molecular weight excluding hydrogens is 252 g/mol. The van der Waals surface area contributed by atoms with Crippen molar-refractivity contribution in [2.24, 2.45) is 5.92 Å². The van der Waals surface area contributed by atoms with E-state index in [-0.39, 0.29) is 18.1 Å². The monoisotopic (exact) mass is 264 g/mol. The summed E-state index contributed by atoms with van der Waals surface area (Å²) in [5, 5.41) is 4.50. The van der Waals surface area contributed by atoms with Crippen LogP contribution in [-0.2, 0) is 11.2 Å². The summed E-state index contributed by atoms with van der Waals surface area (Å²) in [6.07, 6.45) is 0.179. The van der Waals surface area contributed by atoms with Crippen LogP contribution in [0.2, 0.25) is 5.02 Å². The lowest BCUT2D eigenvalue weighted by atomic mass is 10.1. The van der Waals surface area contributed by atoms with Crippen molar-refractivity contribution in [1.82, 2.24) is 10.1 Å². The molecule has 94 valence electrons. The van der Waals surface area contributed by atoms with Gasteiger partial charge in [0.15, 0.2) is 0 Å². The fraction of sp³-hybridized carbons (Fsp3) is 0.308. The van der Waals surface area contributed by atoms with Crippen molar-refractivity contribution < 1.29 is 9.32 Å². The van der Waals surface area contributed by atoms with Gasteiger partial charge in [0.25, 0.3) is 0 Å². The Morgan fingerprint density at radius 1 is 1.33 bits per heavy atom. The molecule has 0 spiro atoms. The van der Waals surface area contributed by atoms with Crippen LogP contribution in [0, 0.1) is 5.92 Å². The Kier molecular flexibility index (Phi) is 3.77. The summed E-state index contributed by atoms with van der Waals surface area (Å²) in [6.45, 7) is 3.69. The van der Waals surface area contributed by atoms with Crippen LogP contribution in [0.4, 0.5) is 0 Å². The normalized spacial score (nSPS) is 10.9. The van der Waals surface area contributed by atoms with E-state index in [0.29, 0.717) is 16.7 Å². The van der Waals surface area contributed by atoms with Crippen LogP contribution in [0.3, 0.4) is 0 Å². The third kappa shape index (κ3) is 2.96. The van der Waals surface area contributed by atoms with E-state index in [2.05, 4.69) is 10.1 Å². The average Bonchev–Trinajstić information content (AvgIpc) is 2.78. The zero-order valence-electron chi connectivity index (χ0n) is 10.2. The molecule has 0 radical (unpaired) electrons. The van der Waals surface area contributed by atoms with Gasteiger partial charge in [0, 0.05) is 16.5 Å². The molecule has 0 aliphatic carbocycles. The third-order valence-corrected chi connectivity index (χ3v) is 2.79. The molecule has 0 saturated heterocycles. The van der Waals surface area contributed by atoms with Crippen LogP contribution in [0.1, 0.15) is 19.7 Å². The van der Waals surface area contributed by atoms with Gasteiger partial charge in [0.1, 0.15) is 5.78 Å². The maximum atomic E-state index is 11.6. The molecule has 0 N–H and O–H groups in total. The number of hydrogen-bond donors (Lipinski definition) is 0. The number of halogens is 1. The van der Waals surface area contributed by atoms with Crippen molar-refractivity contribution >= 4 is 17.4 Å². The highest BCUT2D eigenvalue weighted by Crippen LogP contribution is 2.19. The SMILES string of the molecule is CC(C)C(=O)Cc1nc(-c2ccc(Cl)cc2)no1. The highest BCUT2D eigenvalue weighted by molar-refractivity contribution is 6.30. The fourth-order valence-electron chi connectivity index (χ4n) is 1.40. The number of carbonyl (C=O) groups is 1. The first kappa shape index (κ1) is 12.8. The lowest BCUT2D eigenvalue weighted by molar-refractivity contribution is -0.121. The predicted octanol–water partition coefficient (Wildman–Crippen LogP) is 3.16. The molecule has 5 heteroatoms. The Labute approximate surface area is 110 Å². The van der Waals surface area contributed by atoms with E-state index in [9.17, 15) is 4.79 Å². The molecule has 1 aromatic heterocycles. The van der Waals surface area contributed by atoms with E-state index in [1.807, 2.05) is 13.8 Å². The van der Waals surface area contributed by atoms with Gasteiger partial charge in [-0.05, 0) is 24.3 Å². The first-order chi connectivity index (χ1) is 8.56. The molecule has 0 atom stereocenters. The molecule has 18 heavy (non-hydrogen) atoms. The van der Waals surface area contributed by atoms with Crippen LogP contribution in [0.15, 0.2) is 28.8 Å². The molecule has 0 aliphatic rings. The minimum Gasteiger partial charge on any atom is -0.339 e. The van der Waals surface area contributed by atoms with Gasteiger partial charge in [-0.25, -0.2) is 0 Å². The quantitative estimate of drug-likeness (QED) is 0.851. The lowest BCUT2D eigenvalue weighted by Gasteiger charge is -1.98. The molecule has 1 heterocycles. The molecule has 2 rings (SSSR count). The summed E-state index contributed by atoms with van der Waals surface area (Å²) in [7, 11) is 0. The van der Waals surface area contributed by atoms with E-state index in [1.165, 1.54) is 0 Å². The summed E-state index contributed by atoms with van der Waals surface area (Å²) < 4.78 is 5.06. The molecule has 2 aromatic rings. The number of aromatic nitrogens is 2. The van der Waals surface area contributed by atoms with Gasteiger partial charge >= 0.3 is 0 Å². The van der Waals surface area contributed by atoms with Crippen LogP contribution >= 0.6 is 11.6 Å². The Bertz CT molecular complexity index is 546. The van der Waals surface area contributed by atoms with E-state index in [4.69, 9.17) is 16.1 Å². The van der Waals surface area contributed by atoms with Crippen molar-refractivity contribution in [3.63, 3.8) is 0 Å². The third-order valence-electron chi connectivity index (χ3n) is 2.54. The van der Waals surface area contributed by atoms with E-state index in [0.717, 1.165) is 5.56 Å². The van der Waals surface area contributed by atoms with E-state index in [1.54, 1.807) is 24.3 Å². The topological polar surface area (TPSA) is 56.0 Å². The number of carbonyl (C=O) groups excluding carboxylic acids is 1. The Balaban J connectivity index is 2.15. The van der Waals surface area contributed by atoms with Crippen molar-refractivity contribution in [3.05, 3.63) is 35.2 Å². The zero-order valence-corrected chi connectivity index (χ0v) is 10.9. The smallest absolute Gasteiger partial charge is 0.234 e. The van der Waals surface area contributed by atoms with Crippen molar-refractivity contribution in [2.75, 3.05) is 0 Å². The molecule has 1 aromatic carbocycles. The standard InChI is InChI=1S/C13H13ClN2O2/c1-8(2)11(17)7-12-15-13(16-18-12)9-3-5-10(14)6-4-9/h3-6,8H,7H2,1-2H3. The van der Waals surface area contributed by atoms with Gasteiger partial charge in [-0.3, -0.25) is 4.79 Å². The number of nitrogens with zero attached hydrogens (tertiary/aromatic N) is 2. The van der Waals surface area contributed by atoms with Crippen LogP contribution < -0.4 is 0 Å². The Morgan fingerprint density at radius 3 is 2.61 bits per heavy atom. The van der Waals surface area contributed by atoms with Gasteiger partial charge in [0.05, 0.1) is 6.42 Å². The van der Waals surface area contributed by atoms with Gasteiger partial charge in [-0.1, -0.05) is 30.6 Å². The molecule has 0 aliphatic heterocycles. The maximum absolute atomic E-state index is 11.6. The minimum absolute atomic E-state index is 0.0316. The van der Waals surface area contributed by atoms with Crippen molar-refractivity contribution in [2.45, 2.75) is 20.3 Å². The molecule has 0 amide bonds. The Morgan fingerprint density at radius 2 is 2.00 bits per heavy atom. The molecule has 0 fully saturated rings. The number of Topliss-reactive ketones (excluding diaryl/α,β-unsaturated/α-hetero) is 1. The summed E-state index contributed by atoms with van der Waals surface area (Å²) >= 11 is 5.80. The van der Waals surface area contributed by atoms with Gasteiger partial charge < -0.3 is 4.52 Å². The predicted molar refractivity (Wildman–Crippen MR) is 68.3 cm³/mol. The molecule has 0 saturated carbocycles. The average molecular weight is 265 g/mol. The van der Waals surface area contributed by atoms with Crippen molar-refractivity contribution in [3.8, 4) is 11.4 Å². The van der Waals surface area contributed by atoms with Crippen LogP contribution in [0.5, 0.6) is 0 Å². The van der Waals surface area contributed by atoms with Crippen molar-refractivity contribution in [1.29, 1.82) is 0 Å². The highest BCUT2D eigenvalue weighted by Gasteiger charge is 2.14. The highest BCUT2D eigenvalue weighted by atomic mass is 35.5. The lowest BCUT2D eigenvalue weighted by Crippen LogP contribution is -2.10. The number of hydrogen-bond acceptors (Lipinski definition) is 4. The van der Waals surface area contributed by atoms with Crippen LogP contribution in [-0.4, -0.2) is 15.9 Å². The van der Waals surface area contributed by atoms with Gasteiger partial charge in [0.2, 0.25) is 11.7 Å². The second kappa shape index (κ2) is 5.31. The fourth-order valence-corrected chi connectivity index (χ4v) is 1.52. The molecule has 0 bridgehead atoms. The minimum atomic E-state index is -0.0316. The van der Waals surface area contributed by atoms with Gasteiger partial charge in [-0.15, -0.1) is 0 Å². The first-order valence-corrected chi connectivity index (χ1v) is 6.05. The summed E-state index contributed by atoms with van der Waals surface area (Å²) in [6, 6.07) is 7.13. The Hall–Kier alpha value is -1.68. The summed E-state index contributed by atoms with van der Waals surface area (Å²) in [5.74, 6) is 0.870. The van der Waals surface area contributed by atoms with E-state index >= 15 is 0 Å². The molecule has 4 nitrogen and oxygen atoms in total. The molecule has 0 unspecified atom stereocenters. The second-order valence-electron chi connectivity index (χ2n) is 4.32. The van der Waals surface area contributed by atoms with E-state index < -0.39 is 0 Å². The zero-order chi connectivity index (χ0) is 13.1.